The summed E-state index contributed by atoms with van der Waals surface area (Å²) in [6, 6.07) is 1.79. The number of likely N-dealkylation sites (tertiary alicyclic amines) is 1. The zero-order chi connectivity index (χ0) is 12.4. The van der Waals surface area contributed by atoms with Crippen molar-refractivity contribution in [2.45, 2.75) is 18.9 Å². The number of likely N-dealkylation sites (N-methyl/N-ethyl adjacent to an activating group) is 2. The van der Waals surface area contributed by atoms with Crippen molar-refractivity contribution in [3.63, 3.8) is 0 Å². The molecule has 1 aliphatic rings. The minimum Gasteiger partial charge on any atom is -0.356 e. The van der Waals surface area contributed by atoms with E-state index in [0.717, 1.165) is 19.5 Å². The van der Waals surface area contributed by atoms with Gasteiger partial charge >= 0.3 is 0 Å². The van der Waals surface area contributed by atoms with E-state index < -0.39 is 0 Å². The summed E-state index contributed by atoms with van der Waals surface area (Å²) in [5.74, 6) is 0.00958. The molecule has 0 N–H and O–H groups in total. The second-order valence-electron chi connectivity index (χ2n) is 4.62. The van der Waals surface area contributed by atoms with Crippen molar-refractivity contribution in [3.05, 3.63) is 23.1 Å². The van der Waals surface area contributed by atoms with Gasteiger partial charge in [-0.3, -0.25) is 0 Å². The lowest BCUT2D eigenvalue weighted by Crippen LogP contribution is -2.37. The summed E-state index contributed by atoms with van der Waals surface area (Å²) < 4.78 is 13.7. The van der Waals surface area contributed by atoms with E-state index in [1.807, 2.05) is 11.9 Å². The average molecular weight is 258 g/mol. The van der Waals surface area contributed by atoms with Gasteiger partial charge in [-0.1, -0.05) is 11.6 Å². The molecule has 17 heavy (non-hydrogen) atoms. The van der Waals surface area contributed by atoms with E-state index in [1.54, 1.807) is 0 Å². The zero-order valence-corrected chi connectivity index (χ0v) is 10.9. The second kappa shape index (κ2) is 5.19. The first-order valence-corrected chi connectivity index (χ1v) is 6.18. The van der Waals surface area contributed by atoms with Crippen LogP contribution in [0.4, 0.5) is 10.2 Å². The van der Waals surface area contributed by atoms with E-state index in [9.17, 15) is 4.39 Å². The minimum absolute atomic E-state index is 0.331. The smallest absolute Gasteiger partial charge is 0.167 e. The van der Waals surface area contributed by atoms with Gasteiger partial charge in [0.15, 0.2) is 11.6 Å². The lowest BCUT2D eigenvalue weighted by Gasteiger charge is -2.26. The number of rotatable bonds is 3. The highest BCUT2D eigenvalue weighted by atomic mass is 35.5. The molecule has 0 bridgehead atoms. The minimum atomic E-state index is -0.361. The van der Waals surface area contributed by atoms with E-state index in [2.05, 4.69) is 16.9 Å². The van der Waals surface area contributed by atoms with Crippen molar-refractivity contribution in [2.24, 2.45) is 0 Å². The Morgan fingerprint density at radius 2 is 2.41 bits per heavy atom. The van der Waals surface area contributed by atoms with Gasteiger partial charge in [0.05, 0.1) is 5.02 Å². The predicted octanol–water partition coefficient (Wildman–Crippen LogP) is 2.40. The third-order valence-corrected chi connectivity index (χ3v) is 3.51. The molecule has 2 rings (SSSR count). The number of nitrogens with zero attached hydrogens (tertiary/aromatic N) is 3. The van der Waals surface area contributed by atoms with Crippen LogP contribution in [0.2, 0.25) is 5.02 Å². The van der Waals surface area contributed by atoms with Crippen molar-refractivity contribution in [2.75, 3.05) is 32.1 Å². The number of hydrogen-bond donors (Lipinski definition) is 0. The maximum Gasteiger partial charge on any atom is 0.167 e. The molecule has 3 nitrogen and oxygen atoms in total. The van der Waals surface area contributed by atoms with E-state index in [1.165, 1.54) is 18.7 Å². The fraction of sp³-hybridized carbons (Fsp3) is 0.583. The van der Waals surface area contributed by atoms with Crippen molar-refractivity contribution < 1.29 is 4.39 Å². The number of pyridine rings is 1. The Hall–Kier alpha value is -0.870. The predicted molar refractivity (Wildman–Crippen MR) is 68.1 cm³/mol. The third-order valence-electron chi connectivity index (χ3n) is 3.31. The molecular weight excluding hydrogens is 241 g/mol. The van der Waals surface area contributed by atoms with Gasteiger partial charge in [0.2, 0.25) is 0 Å². The number of aromatic nitrogens is 1. The first-order valence-electron chi connectivity index (χ1n) is 5.80. The normalized spacial score (nSPS) is 20.8. The zero-order valence-electron chi connectivity index (χ0n) is 10.2. The molecule has 94 valence electrons. The second-order valence-corrected chi connectivity index (χ2v) is 5.05. The molecule has 1 atom stereocenters. The fourth-order valence-electron chi connectivity index (χ4n) is 2.30. The van der Waals surface area contributed by atoms with Gasteiger partial charge in [-0.25, -0.2) is 9.37 Å². The summed E-state index contributed by atoms with van der Waals surface area (Å²) in [5.41, 5.74) is 0. The van der Waals surface area contributed by atoms with E-state index in [-0.39, 0.29) is 5.82 Å². The van der Waals surface area contributed by atoms with E-state index >= 15 is 0 Å². The van der Waals surface area contributed by atoms with Crippen LogP contribution in [0.15, 0.2) is 12.3 Å². The van der Waals surface area contributed by atoms with Crippen molar-refractivity contribution in [1.82, 2.24) is 9.88 Å². The van der Waals surface area contributed by atoms with Crippen molar-refractivity contribution >= 4 is 17.4 Å². The van der Waals surface area contributed by atoms with Crippen molar-refractivity contribution in [3.8, 4) is 0 Å². The van der Waals surface area contributed by atoms with Crippen LogP contribution in [0.3, 0.4) is 0 Å². The molecule has 1 aromatic heterocycles. The maximum atomic E-state index is 13.7. The molecule has 1 fully saturated rings. The molecule has 0 amide bonds. The van der Waals surface area contributed by atoms with Gasteiger partial charge in [-0.2, -0.15) is 0 Å². The van der Waals surface area contributed by atoms with Crippen LogP contribution in [0.1, 0.15) is 12.8 Å². The molecule has 1 unspecified atom stereocenters. The highest BCUT2D eigenvalue weighted by Crippen LogP contribution is 2.21. The van der Waals surface area contributed by atoms with Crippen LogP contribution < -0.4 is 4.90 Å². The Balaban J connectivity index is 2.06. The molecular formula is C12H17ClFN3. The number of hydrogen-bond acceptors (Lipinski definition) is 3. The number of halogens is 2. The van der Waals surface area contributed by atoms with E-state index in [0.29, 0.717) is 16.9 Å². The molecule has 0 aliphatic carbocycles. The van der Waals surface area contributed by atoms with Crippen LogP contribution in [-0.2, 0) is 0 Å². The van der Waals surface area contributed by atoms with Gasteiger partial charge in [-0.15, -0.1) is 0 Å². The van der Waals surface area contributed by atoms with Crippen LogP contribution in [-0.4, -0.2) is 43.1 Å². The van der Waals surface area contributed by atoms with Crippen LogP contribution in [0, 0.1) is 5.82 Å². The van der Waals surface area contributed by atoms with Crippen LogP contribution in [0.5, 0.6) is 0 Å². The summed E-state index contributed by atoms with van der Waals surface area (Å²) >= 11 is 5.69. The molecule has 1 aliphatic heterocycles. The quantitative estimate of drug-likeness (QED) is 0.829. The standard InChI is InChI=1S/C12H17ClFN3/c1-16-5-3-4-10(16)8-17(2)12-11(14)6-9(13)7-15-12/h6-7,10H,3-5,8H2,1-2H3. The molecule has 1 saturated heterocycles. The lowest BCUT2D eigenvalue weighted by atomic mass is 10.2. The molecule has 0 spiro atoms. The summed E-state index contributed by atoms with van der Waals surface area (Å²) in [7, 11) is 3.97. The van der Waals surface area contributed by atoms with Gasteiger partial charge in [0.25, 0.3) is 0 Å². The fourth-order valence-corrected chi connectivity index (χ4v) is 2.45. The highest BCUT2D eigenvalue weighted by molar-refractivity contribution is 6.30. The van der Waals surface area contributed by atoms with Gasteiger partial charge in [-0.05, 0) is 32.5 Å². The third kappa shape index (κ3) is 2.87. The Morgan fingerprint density at radius 1 is 1.65 bits per heavy atom. The Labute approximate surface area is 106 Å². The van der Waals surface area contributed by atoms with E-state index in [4.69, 9.17) is 11.6 Å². The Kier molecular flexibility index (Phi) is 3.84. The summed E-state index contributed by atoms with van der Waals surface area (Å²) in [6.45, 7) is 1.91. The molecule has 1 aromatic rings. The van der Waals surface area contributed by atoms with Crippen molar-refractivity contribution in [1.29, 1.82) is 0 Å². The topological polar surface area (TPSA) is 19.4 Å². The van der Waals surface area contributed by atoms with Gasteiger partial charge in [0, 0.05) is 25.8 Å². The van der Waals surface area contributed by atoms with Gasteiger partial charge in [0.1, 0.15) is 0 Å². The Bertz CT molecular complexity index is 399. The SMILES string of the molecule is CN(CC1CCCN1C)c1ncc(Cl)cc1F. The molecule has 5 heteroatoms. The average Bonchev–Trinajstić information content (AvgIpc) is 2.64. The van der Waals surface area contributed by atoms with Crippen LogP contribution in [0.25, 0.3) is 0 Å². The Morgan fingerprint density at radius 3 is 3.00 bits per heavy atom. The summed E-state index contributed by atoms with van der Waals surface area (Å²) in [6.07, 6.45) is 3.86. The largest absolute Gasteiger partial charge is 0.356 e. The summed E-state index contributed by atoms with van der Waals surface area (Å²) in [5, 5.41) is 0.331. The highest BCUT2D eigenvalue weighted by Gasteiger charge is 2.23. The molecule has 2 heterocycles. The first-order chi connectivity index (χ1) is 8.08. The summed E-state index contributed by atoms with van der Waals surface area (Å²) in [4.78, 5) is 8.21. The monoisotopic (exact) mass is 257 g/mol. The molecule has 0 saturated carbocycles. The number of anilines is 1. The van der Waals surface area contributed by atoms with Gasteiger partial charge < -0.3 is 9.80 Å². The lowest BCUT2D eigenvalue weighted by molar-refractivity contribution is 0.313. The maximum absolute atomic E-state index is 13.7. The van der Waals surface area contributed by atoms with Crippen LogP contribution >= 0.6 is 11.6 Å². The first kappa shape index (κ1) is 12.6. The molecule has 0 radical (unpaired) electrons. The molecule has 0 aromatic carbocycles.